The van der Waals surface area contributed by atoms with E-state index in [0.717, 1.165) is 5.69 Å². The molecular formula is C15H13N5O2. The summed E-state index contributed by atoms with van der Waals surface area (Å²) < 4.78 is 6.88. The molecule has 110 valence electrons. The molecule has 7 nitrogen and oxygen atoms in total. The molecule has 2 heterocycles. The second kappa shape index (κ2) is 6.49. The molecule has 1 amide bonds. The van der Waals surface area contributed by atoms with Crippen molar-refractivity contribution < 1.29 is 9.53 Å². The number of nitrogens with zero attached hydrogens (tertiary/aromatic N) is 4. The summed E-state index contributed by atoms with van der Waals surface area (Å²) in [7, 11) is 0. The minimum absolute atomic E-state index is 0.134. The van der Waals surface area contributed by atoms with Gasteiger partial charge in [-0.05, 0) is 24.3 Å². The molecule has 1 N–H and O–H groups in total. The summed E-state index contributed by atoms with van der Waals surface area (Å²) in [6.45, 7) is -0.134. The summed E-state index contributed by atoms with van der Waals surface area (Å²) in [6.07, 6.45) is 3.41. The monoisotopic (exact) mass is 295 g/mol. The molecule has 0 aliphatic carbocycles. The van der Waals surface area contributed by atoms with E-state index in [-0.39, 0.29) is 18.4 Å². The second-order valence-corrected chi connectivity index (χ2v) is 4.38. The first kappa shape index (κ1) is 13.7. The summed E-state index contributed by atoms with van der Waals surface area (Å²) in [5, 5.41) is 14.6. The maximum Gasteiger partial charge on any atom is 0.262 e. The second-order valence-electron chi connectivity index (χ2n) is 4.38. The minimum Gasteiger partial charge on any atom is -0.466 e. The van der Waals surface area contributed by atoms with Gasteiger partial charge in [0.05, 0.1) is 0 Å². The minimum atomic E-state index is -0.260. The van der Waals surface area contributed by atoms with Crippen LogP contribution in [0.3, 0.4) is 0 Å². The van der Waals surface area contributed by atoms with Crippen molar-refractivity contribution in [3.05, 3.63) is 60.9 Å². The van der Waals surface area contributed by atoms with Crippen LogP contribution in [0.1, 0.15) is 0 Å². The number of benzene rings is 1. The van der Waals surface area contributed by atoms with Gasteiger partial charge in [0.1, 0.15) is 0 Å². The van der Waals surface area contributed by atoms with Gasteiger partial charge in [0.2, 0.25) is 5.88 Å². The van der Waals surface area contributed by atoms with Crippen molar-refractivity contribution in [1.82, 2.24) is 20.0 Å². The van der Waals surface area contributed by atoms with Gasteiger partial charge >= 0.3 is 0 Å². The van der Waals surface area contributed by atoms with Crippen molar-refractivity contribution in [2.45, 2.75) is 0 Å². The Kier molecular flexibility index (Phi) is 4.05. The lowest BCUT2D eigenvalue weighted by molar-refractivity contribution is -0.118. The number of rotatable bonds is 5. The molecule has 0 unspecified atom stereocenters. The number of amides is 1. The van der Waals surface area contributed by atoms with Gasteiger partial charge in [-0.3, -0.25) is 4.79 Å². The van der Waals surface area contributed by atoms with Crippen LogP contribution in [0.2, 0.25) is 0 Å². The van der Waals surface area contributed by atoms with Gasteiger partial charge < -0.3 is 10.1 Å². The predicted octanol–water partition coefficient (Wildman–Crippen LogP) is 1.68. The maximum atomic E-state index is 11.7. The molecule has 22 heavy (non-hydrogen) atoms. The Balaban J connectivity index is 1.54. The topological polar surface area (TPSA) is 81.9 Å². The fraction of sp³-hybridized carbons (Fsp3) is 0.0667. The zero-order chi connectivity index (χ0) is 15.2. The zero-order valence-corrected chi connectivity index (χ0v) is 11.6. The lowest BCUT2D eigenvalue weighted by atomic mass is 10.3. The molecule has 3 aromatic rings. The number of hydrogen-bond acceptors (Lipinski definition) is 5. The molecular weight excluding hydrogens is 282 g/mol. The number of carbonyl (C=O) groups is 1. The van der Waals surface area contributed by atoms with E-state index in [1.807, 2.05) is 18.2 Å². The quantitative estimate of drug-likeness (QED) is 0.774. The number of nitrogens with one attached hydrogen (secondary N) is 1. The highest BCUT2D eigenvalue weighted by Gasteiger charge is 2.05. The highest BCUT2D eigenvalue weighted by atomic mass is 16.5. The normalized spacial score (nSPS) is 10.2. The summed E-state index contributed by atoms with van der Waals surface area (Å²) >= 11 is 0. The fourth-order valence-electron chi connectivity index (χ4n) is 1.77. The SMILES string of the molecule is O=C(COc1ccc(-n2cccn2)nn1)Nc1ccccc1. The van der Waals surface area contributed by atoms with Crippen molar-refractivity contribution in [3.8, 4) is 11.7 Å². The number of anilines is 1. The van der Waals surface area contributed by atoms with Crippen LogP contribution in [0.5, 0.6) is 5.88 Å². The first-order valence-electron chi connectivity index (χ1n) is 6.63. The lowest BCUT2D eigenvalue weighted by Crippen LogP contribution is -2.20. The van der Waals surface area contributed by atoms with Crippen LogP contribution in [0, 0.1) is 0 Å². The molecule has 0 aliphatic heterocycles. The van der Waals surface area contributed by atoms with Crippen LogP contribution in [0.4, 0.5) is 5.69 Å². The van der Waals surface area contributed by atoms with Gasteiger partial charge in [-0.25, -0.2) is 4.68 Å². The molecule has 0 aliphatic rings. The molecule has 0 saturated heterocycles. The van der Waals surface area contributed by atoms with Crippen LogP contribution in [0.25, 0.3) is 5.82 Å². The van der Waals surface area contributed by atoms with Crippen molar-refractivity contribution in [2.75, 3.05) is 11.9 Å². The van der Waals surface area contributed by atoms with E-state index < -0.39 is 0 Å². The third kappa shape index (κ3) is 3.45. The van der Waals surface area contributed by atoms with E-state index in [1.54, 1.807) is 47.4 Å². The highest BCUT2D eigenvalue weighted by Crippen LogP contribution is 2.08. The smallest absolute Gasteiger partial charge is 0.262 e. The van der Waals surface area contributed by atoms with Gasteiger partial charge in [0, 0.05) is 24.1 Å². The van der Waals surface area contributed by atoms with Crippen molar-refractivity contribution >= 4 is 11.6 Å². The maximum absolute atomic E-state index is 11.7. The van der Waals surface area contributed by atoms with Crippen LogP contribution >= 0.6 is 0 Å². The van der Waals surface area contributed by atoms with Crippen molar-refractivity contribution in [3.63, 3.8) is 0 Å². The molecule has 0 spiro atoms. The molecule has 0 bridgehead atoms. The number of ether oxygens (including phenoxy) is 1. The van der Waals surface area contributed by atoms with Crippen molar-refractivity contribution in [1.29, 1.82) is 0 Å². The van der Waals surface area contributed by atoms with Crippen LogP contribution in [-0.4, -0.2) is 32.5 Å². The summed E-state index contributed by atoms with van der Waals surface area (Å²) in [5.41, 5.74) is 0.719. The first-order valence-corrected chi connectivity index (χ1v) is 6.63. The van der Waals surface area contributed by atoms with E-state index in [2.05, 4.69) is 20.6 Å². The molecule has 2 aromatic heterocycles. The van der Waals surface area contributed by atoms with E-state index >= 15 is 0 Å². The average Bonchev–Trinajstić information content (AvgIpc) is 3.09. The molecule has 0 fully saturated rings. The molecule has 1 aromatic carbocycles. The average molecular weight is 295 g/mol. The van der Waals surface area contributed by atoms with Gasteiger partial charge in [-0.2, -0.15) is 5.10 Å². The zero-order valence-electron chi connectivity index (χ0n) is 11.6. The van der Waals surface area contributed by atoms with Gasteiger partial charge in [0.15, 0.2) is 12.4 Å². The third-order valence-corrected chi connectivity index (χ3v) is 2.77. The van der Waals surface area contributed by atoms with E-state index in [4.69, 9.17) is 4.74 Å². The number of hydrogen-bond donors (Lipinski definition) is 1. The Labute approximate surface area is 126 Å². The predicted molar refractivity (Wildman–Crippen MR) is 79.7 cm³/mol. The number of carbonyl (C=O) groups excluding carboxylic acids is 1. The number of para-hydroxylation sites is 1. The number of aromatic nitrogens is 4. The summed E-state index contributed by atoms with van der Waals surface area (Å²) in [5.74, 6) is 0.592. The third-order valence-electron chi connectivity index (χ3n) is 2.77. The Hall–Kier alpha value is -3.22. The summed E-state index contributed by atoms with van der Waals surface area (Å²) in [4.78, 5) is 11.7. The van der Waals surface area contributed by atoms with Gasteiger partial charge in [-0.15, -0.1) is 10.2 Å². The molecule has 0 atom stereocenters. The van der Waals surface area contributed by atoms with Crippen LogP contribution in [-0.2, 0) is 4.79 Å². The lowest BCUT2D eigenvalue weighted by Gasteiger charge is -2.06. The molecule has 7 heteroatoms. The molecule has 0 saturated carbocycles. The Morgan fingerprint density at radius 1 is 1.09 bits per heavy atom. The Morgan fingerprint density at radius 2 is 1.95 bits per heavy atom. The van der Waals surface area contributed by atoms with Gasteiger partial charge in [-0.1, -0.05) is 18.2 Å². The first-order chi connectivity index (χ1) is 10.8. The molecule has 0 radical (unpaired) electrons. The highest BCUT2D eigenvalue weighted by molar-refractivity contribution is 5.91. The molecule has 3 rings (SSSR count). The van der Waals surface area contributed by atoms with Crippen LogP contribution < -0.4 is 10.1 Å². The van der Waals surface area contributed by atoms with Crippen molar-refractivity contribution in [2.24, 2.45) is 0 Å². The fourth-order valence-corrected chi connectivity index (χ4v) is 1.77. The van der Waals surface area contributed by atoms with Gasteiger partial charge in [0.25, 0.3) is 5.91 Å². The van der Waals surface area contributed by atoms with E-state index in [9.17, 15) is 4.79 Å². The van der Waals surface area contributed by atoms with E-state index in [1.165, 1.54) is 0 Å². The van der Waals surface area contributed by atoms with Crippen LogP contribution in [0.15, 0.2) is 60.9 Å². The summed E-state index contributed by atoms with van der Waals surface area (Å²) in [6, 6.07) is 14.3. The van der Waals surface area contributed by atoms with E-state index in [0.29, 0.717) is 5.82 Å². The Morgan fingerprint density at radius 3 is 2.64 bits per heavy atom. The standard InChI is InChI=1S/C15H13N5O2/c21-14(17-12-5-2-1-3-6-12)11-22-15-8-7-13(18-19-15)20-10-4-9-16-20/h1-10H,11H2,(H,17,21). The largest absolute Gasteiger partial charge is 0.466 e. The Bertz CT molecular complexity index is 726.